The minimum Gasteiger partial charge on any atom is -0.618 e. The van der Waals surface area contributed by atoms with Crippen LogP contribution in [-0.2, 0) is 11.3 Å². The van der Waals surface area contributed by atoms with Crippen molar-refractivity contribution in [3.63, 3.8) is 0 Å². The van der Waals surface area contributed by atoms with Gasteiger partial charge in [-0.05, 0) is 18.2 Å². The second kappa shape index (κ2) is 7.46. The zero-order chi connectivity index (χ0) is 19.7. The van der Waals surface area contributed by atoms with Crippen molar-refractivity contribution in [1.29, 1.82) is 0 Å². The normalized spacial score (nSPS) is 10.8. The molecule has 0 saturated carbocycles. The fourth-order valence-corrected chi connectivity index (χ4v) is 2.82. The van der Waals surface area contributed by atoms with Crippen LogP contribution in [-0.4, -0.2) is 16.7 Å². The lowest BCUT2D eigenvalue weighted by molar-refractivity contribution is -0.580. The van der Waals surface area contributed by atoms with Gasteiger partial charge in [0, 0.05) is 13.0 Å². The fraction of sp³-hybridized carbons (Fsp3) is 0.111. The first kappa shape index (κ1) is 19.0. The summed E-state index contributed by atoms with van der Waals surface area (Å²) in [6.45, 7) is 0.678. The van der Waals surface area contributed by atoms with Crippen LogP contribution < -0.4 is 4.73 Å². The second-order valence-corrected chi connectivity index (χ2v) is 6.38. The van der Waals surface area contributed by atoms with Crippen LogP contribution in [0.25, 0.3) is 11.0 Å². The maximum Gasteiger partial charge on any atom is 0.341 e. The molecule has 27 heavy (non-hydrogen) atoms. The van der Waals surface area contributed by atoms with Crippen molar-refractivity contribution in [1.82, 2.24) is 4.98 Å². The van der Waals surface area contributed by atoms with Gasteiger partial charge in [0.2, 0.25) is 11.3 Å². The number of rotatable bonds is 4. The largest absolute Gasteiger partial charge is 0.618 e. The van der Waals surface area contributed by atoms with E-state index in [1.54, 1.807) is 0 Å². The third-order valence-electron chi connectivity index (χ3n) is 3.74. The molecule has 0 atom stereocenters. The monoisotopic (exact) mass is 408 g/mol. The lowest BCUT2D eigenvalue weighted by Crippen LogP contribution is -2.37. The minimum atomic E-state index is -0.948. The molecule has 0 aliphatic rings. The number of hydrogen-bond donors (Lipinski definition) is 0. The molecule has 0 radical (unpaired) electrons. The summed E-state index contributed by atoms with van der Waals surface area (Å²) in [6, 6.07) is 7.93. The highest BCUT2D eigenvalue weighted by atomic mass is 35.5. The van der Waals surface area contributed by atoms with Crippen LogP contribution in [0.4, 0.5) is 4.39 Å². The number of ether oxygens (including phenoxy) is 1. The number of hydrogen-bond acceptors (Lipinski definition) is 5. The van der Waals surface area contributed by atoms with Crippen molar-refractivity contribution in [3.8, 4) is 0 Å². The van der Waals surface area contributed by atoms with Crippen molar-refractivity contribution in [3.05, 3.63) is 74.4 Å². The topological polar surface area (TPSA) is 83.2 Å². The first-order chi connectivity index (χ1) is 12.8. The van der Waals surface area contributed by atoms with E-state index in [0.29, 0.717) is 4.73 Å². The van der Waals surface area contributed by atoms with E-state index < -0.39 is 24.2 Å². The Hall–Kier alpha value is -2.77. The van der Waals surface area contributed by atoms with E-state index in [1.807, 2.05) is 0 Å². The Balaban J connectivity index is 2.01. The third kappa shape index (κ3) is 3.70. The zero-order valence-electron chi connectivity index (χ0n) is 13.8. The van der Waals surface area contributed by atoms with E-state index in [1.165, 1.54) is 37.3 Å². The molecule has 2 aromatic carbocycles. The number of Topliss-reactive ketones (excluding diaryl/α,β-unsaturated/α-hetero) is 1. The van der Waals surface area contributed by atoms with Gasteiger partial charge >= 0.3 is 5.97 Å². The van der Waals surface area contributed by atoms with Crippen LogP contribution in [0, 0.1) is 11.0 Å². The van der Waals surface area contributed by atoms with Crippen LogP contribution in [0.5, 0.6) is 0 Å². The zero-order valence-corrected chi connectivity index (χ0v) is 15.3. The van der Waals surface area contributed by atoms with Crippen LogP contribution >= 0.6 is 23.2 Å². The van der Waals surface area contributed by atoms with Crippen LogP contribution in [0.1, 0.15) is 33.5 Å². The summed E-state index contributed by atoms with van der Waals surface area (Å²) in [5, 5.41) is 12.9. The van der Waals surface area contributed by atoms with E-state index >= 15 is 0 Å². The molecule has 6 nitrogen and oxygen atoms in total. The van der Waals surface area contributed by atoms with Gasteiger partial charge in [-0.15, -0.1) is 0 Å². The number of carbonyl (C=O) groups excluding carboxylic acids is 2. The molecule has 9 heteroatoms. The number of aromatic nitrogens is 2. The Morgan fingerprint density at radius 3 is 2.56 bits per heavy atom. The quantitative estimate of drug-likeness (QED) is 0.283. The van der Waals surface area contributed by atoms with E-state index in [0.717, 1.165) is 6.07 Å². The molecule has 138 valence electrons. The lowest BCUT2D eigenvalue weighted by Gasteiger charge is -2.11. The molecule has 0 aliphatic heterocycles. The predicted octanol–water partition coefficient (Wildman–Crippen LogP) is 3.87. The highest BCUT2D eigenvalue weighted by Crippen LogP contribution is 2.26. The molecule has 3 rings (SSSR count). The molecule has 0 amide bonds. The smallest absolute Gasteiger partial charge is 0.341 e. The Kier molecular flexibility index (Phi) is 5.25. The van der Waals surface area contributed by atoms with Crippen molar-refractivity contribution in [2.75, 3.05) is 0 Å². The molecule has 0 saturated heterocycles. The van der Waals surface area contributed by atoms with Gasteiger partial charge in [-0.25, -0.2) is 14.2 Å². The molecule has 0 aliphatic carbocycles. The molecule has 0 bridgehead atoms. The van der Waals surface area contributed by atoms with Crippen molar-refractivity contribution >= 4 is 46.0 Å². The number of fused-ring (bicyclic) bond motifs is 1. The maximum absolute atomic E-state index is 13.7. The first-order valence-corrected chi connectivity index (χ1v) is 8.39. The summed E-state index contributed by atoms with van der Waals surface area (Å²) in [4.78, 5) is 28.2. The summed E-state index contributed by atoms with van der Waals surface area (Å²) in [6.07, 6.45) is 0. The van der Waals surface area contributed by atoms with Crippen LogP contribution in [0.15, 0.2) is 36.4 Å². The number of nitrogens with zero attached hydrogens (tertiary/aromatic N) is 2. The lowest BCUT2D eigenvalue weighted by atomic mass is 10.2. The van der Waals surface area contributed by atoms with Crippen LogP contribution in [0.3, 0.4) is 0 Å². The van der Waals surface area contributed by atoms with Gasteiger partial charge in [0.15, 0.2) is 5.69 Å². The Morgan fingerprint density at radius 1 is 1.22 bits per heavy atom. The summed E-state index contributed by atoms with van der Waals surface area (Å²) in [5.41, 5.74) is -0.442. The molecule has 0 spiro atoms. The van der Waals surface area contributed by atoms with E-state index in [9.17, 15) is 19.2 Å². The molecule has 0 unspecified atom stereocenters. The van der Waals surface area contributed by atoms with Gasteiger partial charge < -0.3 is 9.94 Å². The third-order valence-corrected chi connectivity index (χ3v) is 4.46. The average molecular weight is 409 g/mol. The SMILES string of the molecule is CC(=O)c1c(COC(=O)c2ccccc2F)nc2cc(Cl)c(Cl)cc2[n+]1[O-]. The summed E-state index contributed by atoms with van der Waals surface area (Å²) >= 11 is 11.9. The summed E-state index contributed by atoms with van der Waals surface area (Å²) in [7, 11) is 0. The van der Waals surface area contributed by atoms with Gasteiger partial charge in [0.1, 0.15) is 17.9 Å². The summed E-state index contributed by atoms with van der Waals surface area (Å²) < 4.78 is 19.1. The Labute approximate surface area is 162 Å². The highest BCUT2D eigenvalue weighted by molar-refractivity contribution is 6.42. The number of halogens is 3. The second-order valence-electron chi connectivity index (χ2n) is 5.57. The molecular formula is C18H11Cl2FN2O4. The Bertz CT molecular complexity index is 1090. The first-order valence-electron chi connectivity index (χ1n) is 7.63. The number of esters is 1. The Morgan fingerprint density at radius 2 is 1.89 bits per heavy atom. The maximum atomic E-state index is 13.7. The van der Waals surface area contributed by atoms with Crippen molar-refractivity contribution < 1.29 is 23.4 Å². The molecule has 3 aromatic rings. The fourth-order valence-electron chi connectivity index (χ4n) is 2.50. The van der Waals surface area contributed by atoms with Gasteiger partial charge in [-0.3, -0.25) is 4.79 Å². The highest BCUT2D eigenvalue weighted by Gasteiger charge is 2.25. The number of ketones is 1. The average Bonchev–Trinajstić information content (AvgIpc) is 2.61. The molecule has 0 fully saturated rings. The molecular weight excluding hydrogens is 398 g/mol. The number of carbonyl (C=O) groups is 2. The van der Waals surface area contributed by atoms with E-state index in [4.69, 9.17) is 27.9 Å². The van der Waals surface area contributed by atoms with Gasteiger partial charge in [-0.1, -0.05) is 35.3 Å². The predicted molar refractivity (Wildman–Crippen MR) is 96.2 cm³/mol. The van der Waals surface area contributed by atoms with E-state index in [2.05, 4.69) is 4.98 Å². The molecule has 1 heterocycles. The minimum absolute atomic E-state index is 0.0405. The van der Waals surface area contributed by atoms with Gasteiger partial charge in [0.05, 0.1) is 15.6 Å². The standard InChI is InChI=1S/C18H11Cl2FN2O4/c1-9(24)17-15(8-27-18(25)10-4-2-3-5-13(10)21)22-14-6-11(19)12(20)7-16(14)23(17)26/h2-7H,8H2,1H3. The summed E-state index contributed by atoms with van der Waals surface area (Å²) in [5.74, 6) is -2.28. The van der Waals surface area contributed by atoms with E-state index in [-0.39, 0.29) is 38.0 Å². The van der Waals surface area contributed by atoms with Gasteiger partial charge in [0.25, 0.3) is 5.69 Å². The molecule has 1 aromatic heterocycles. The van der Waals surface area contributed by atoms with Crippen LogP contribution in [0.2, 0.25) is 10.0 Å². The number of benzene rings is 2. The van der Waals surface area contributed by atoms with Crippen molar-refractivity contribution in [2.24, 2.45) is 0 Å². The van der Waals surface area contributed by atoms with Gasteiger partial charge in [-0.2, -0.15) is 4.73 Å². The van der Waals surface area contributed by atoms with Crippen molar-refractivity contribution in [2.45, 2.75) is 13.5 Å². The molecule has 0 N–H and O–H groups in total.